The van der Waals surface area contributed by atoms with Crippen molar-refractivity contribution in [2.24, 2.45) is 0 Å². The number of hydrogen-bond donors (Lipinski definition) is 0. The van der Waals surface area contributed by atoms with E-state index in [4.69, 9.17) is 4.12 Å². The molecule has 0 bridgehead atoms. The van der Waals surface area contributed by atoms with E-state index in [0.29, 0.717) is 33.2 Å². The summed E-state index contributed by atoms with van der Waals surface area (Å²) in [5, 5.41) is 0. The lowest BCUT2D eigenvalue weighted by Crippen LogP contribution is -2.62. The molecule has 2 aliphatic rings. The van der Waals surface area contributed by atoms with Crippen molar-refractivity contribution in [3.8, 4) is 0 Å². The van der Waals surface area contributed by atoms with Gasteiger partial charge in [-0.1, -0.05) is 130 Å². The molecule has 0 saturated carbocycles. The molecule has 0 N–H and O–H groups in total. The highest BCUT2D eigenvalue weighted by molar-refractivity contribution is 6.92. The lowest BCUT2D eigenvalue weighted by atomic mass is 10.3. The fourth-order valence-electron chi connectivity index (χ4n) is 5.87. The highest BCUT2D eigenvalue weighted by Crippen LogP contribution is 2.56. The largest absolute Gasteiger partial charge is 0.453 e. The highest BCUT2D eigenvalue weighted by Gasteiger charge is 2.59. The Morgan fingerprint density at radius 3 is 1.00 bits per heavy atom. The zero-order valence-corrected chi connectivity index (χ0v) is 22.3. The summed E-state index contributed by atoms with van der Waals surface area (Å²) in [5.74, 6) is 0. The summed E-state index contributed by atoms with van der Waals surface area (Å²) >= 11 is 0. The number of hydrogen-bond acceptors (Lipinski definition) is 1. The third kappa shape index (κ3) is 4.38. The van der Waals surface area contributed by atoms with Crippen LogP contribution < -0.4 is 0 Å². The second-order valence-corrected chi connectivity index (χ2v) is 19.1. The number of allylic oxidation sites excluding steroid dienone is 8. The van der Waals surface area contributed by atoms with Crippen LogP contribution in [-0.2, 0) is 4.12 Å². The molecule has 4 atom stereocenters. The van der Waals surface area contributed by atoms with Gasteiger partial charge < -0.3 is 4.12 Å². The maximum atomic E-state index is 8.08. The Labute approximate surface area is 183 Å². The van der Waals surface area contributed by atoms with E-state index in [1.54, 1.807) is 0 Å². The first kappa shape index (κ1) is 24.6. The Morgan fingerprint density at radius 2 is 0.793 bits per heavy atom. The van der Waals surface area contributed by atoms with Crippen LogP contribution in [0.3, 0.4) is 0 Å². The molecule has 0 radical (unpaired) electrons. The fourth-order valence-corrected chi connectivity index (χ4v) is 21.4. The smallest absolute Gasteiger partial charge is 0.196 e. The molecule has 0 aliphatic heterocycles. The van der Waals surface area contributed by atoms with Crippen molar-refractivity contribution in [3.05, 3.63) is 48.6 Å². The molecular formula is C26H46OSi2. The average Bonchev–Trinajstić information content (AvgIpc) is 3.47. The van der Waals surface area contributed by atoms with Crippen LogP contribution in [0.1, 0.15) is 81.1 Å². The van der Waals surface area contributed by atoms with E-state index in [2.05, 4.69) is 104 Å². The molecular weight excluding hydrogens is 384 g/mol. The van der Waals surface area contributed by atoms with E-state index >= 15 is 0 Å². The zero-order chi connectivity index (χ0) is 21.7. The van der Waals surface area contributed by atoms with Crippen LogP contribution in [0.25, 0.3) is 0 Å². The Bertz CT molecular complexity index is 535. The van der Waals surface area contributed by atoms with Crippen molar-refractivity contribution in [1.82, 2.24) is 0 Å². The topological polar surface area (TPSA) is 9.23 Å². The summed E-state index contributed by atoms with van der Waals surface area (Å²) in [7, 11) is -4.22. The first-order valence-electron chi connectivity index (χ1n) is 12.2. The van der Waals surface area contributed by atoms with Crippen LogP contribution in [0.5, 0.6) is 0 Å². The van der Waals surface area contributed by atoms with Gasteiger partial charge in [0.05, 0.1) is 0 Å². The van der Waals surface area contributed by atoms with Crippen LogP contribution in [0, 0.1) is 0 Å². The third-order valence-electron chi connectivity index (χ3n) is 8.42. The molecule has 1 nitrogen and oxygen atoms in total. The molecule has 3 heteroatoms. The molecule has 0 aromatic rings. The average molecular weight is 431 g/mol. The van der Waals surface area contributed by atoms with E-state index in [1.165, 1.54) is 25.7 Å². The van der Waals surface area contributed by atoms with Crippen LogP contribution >= 0.6 is 0 Å². The molecule has 0 saturated heterocycles. The maximum absolute atomic E-state index is 8.08. The molecule has 0 aromatic carbocycles. The van der Waals surface area contributed by atoms with Gasteiger partial charge in [0.1, 0.15) is 0 Å². The lowest BCUT2D eigenvalue weighted by Gasteiger charge is -2.55. The van der Waals surface area contributed by atoms with E-state index < -0.39 is 16.6 Å². The van der Waals surface area contributed by atoms with Crippen molar-refractivity contribution in [1.29, 1.82) is 0 Å². The molecule has 29 heavy (non-hydrogen) atoms. The summed E-state index contributed by atoms with van der Waals surface area (Å²) in [5.41, 5.74) is 3.66. The molecule has 164 valence electrons. The minimum Gasteiger partial charge on any atom is -0.453 e. The maximum Gasteiger partial charge on any atom is 0.196 e. The first-order valence-corrected chi connectivity index (χ1v) is 16.5. The quantitative estimate of drug-likeness (QED) is 0.280. The molecule has 2 rings (SSSR count). The Morgan fingerprint density at radius 1 is 0.552 bits per heavy atom. The predicted octanol–water partition coefficient (Wildman–Crippen LogP) is 9.09. The van der Waals surface area contributed by atoms with E-state index in [1.807, 2.05) is 0 Å². The molecule has 0 aromatic heterocycles. The first-order chi connectivity index (χ1) is 13.8. The Kier molecular flexibility index (Phi) is 8.99. The van der Waals surface area contributed by atoms with Crippen molar-refractivity contribution >= 4 is 16.6 Å². The van der Waals surface area contributed by atoms with Gasteiger partial charge in [0.15, 0.2) is 16.6 Å². The summed E-state index contributed by atoms with van der Waals surface area (Å²) in [6, 6.07) is 0. The Hall–Kier alpha value is -0.646. The zero-order valence-electron chi connectivity index (χ0n) is 20.3. The molecule has 0 spiro atoms. The van der Waals surface area contributed by atoms with Gasteiger partial charge in [-0.25, -0.2) is 0 Å². The number of rotatable bonds is 12. The summed E-state index contributed by atoms with van der Waals surface area (Å²) < 4.78 is 8.08. The van der Waals surface area contributed by atoms with Gasteiger partial charge in [-0.3, -0.25) is 0 Å². The van der Waals surface area contributed by atoms with Gasteiger partial charge >= 0.3 is 0 Å². The minimum absolute atomic E-state index is 0.516. The summed E-state index contributed by atoms with van der Waals surface area (Å²) in [6.45, 7) is 19.5. The summed E-state index contributed by atoms with van der Waals surface area (Å²) in [6.07, 6.45) is 23.8. The molecule has 0 heterocycles. The Balaban J connectivity index is 2.71. The van der Waals surface area contributed by atoms with E-state index in [0.717, 1.165) is 0 Å². The molecule has 0 amide bonds. The standard InChI is InChI=1S/C26H46OSi2/c1-9-21(5)28(22(6)10-2,25-17-13-14-18-25)27-29(23(7)11-3,24(8)12-4)26-19-15-16-20-26/h13-26H,9-12H2,1-8H3. The van der Waals surface area contributed by atoms with E-state index in [-0.39, 0.29) is 0 Å². The van der Waals surface area contributed by atoms with Crippen molar-refractivity contribution in [3.63, 3.8) is 0 Å². The van der Waals surface area contributed by atoms with Crippen LogP contribution in [-0.4, -0.2) is 16.6 Å². The van der Waals surface area contributed by atoms with Crippen LogP contribution in [0.2, 0.25) is 33.2 Å². The lowest BCUT2D eigenvalue weighted by molar-refractivity contribution is 0.420. The second kappa shape index (κ2) is 10.6. The molecule has 4 unspecified atom stereocenters. The van der Waals surface area contributed by atoms with Crippen LogP contribution in [0.15, 0.2) is 48.6 Å². The highest BCUT2D eigenvalue weighted by atomic mass is 28.4. The normalized spacial score (nSPS) is 25.1. The molecule has 2 aliphatic carbocycles. The molecule has 0 fully saturated rings. The van der Waals surface area contributed by atoms with Crippen molar-refractivity contribution in [2.75, 3.05) is 0 Å². The van der Waals surface area contributed by atoms with Gasteiger partial charge in [-0.2, -0.15) is 0 Å². The van der Waals surface area contributed by atoms with Gasteiger partial charge in [0, 0.05) is 11.1 Å². The second-order valence-electron chi connectivity index (χ2n) is 9.64. The van der Waals surface area contributed by atoms with E-state index in [9.17, 15) is 0 Å². The van der Waals surface area contributed by atoms with Gasteiger partial charge in [0.2, 0.25) is 0 Å². The minimum atomic E-state index is -2.11. The van der Waals surface area contributed by atoms with Gasteiger partial charge in [0.25, 0.3) is 0 Å². The monoisotopic (exact) mass is 430 g/mol. The van der Waals surface area contributed by atoms with Gasteiger partial charge in [-0.15, -0.1) is 0 Å². The van der Waals surface area contributed by atoms with Crippen molar-refractivity contribution < 1.29 is 4.12 Å². The predicted molar refractivity (Wildman–Crippen MR) is 136 cm³/mol. The third-order valence-corrected chi connectivity index (χ3v) is 21.9. The SMILES string of the molecule is CCC(C)[Si](O[Si](C1C=CC=C1)(C(C)CC)C(C)CC)(C1C=CC=C1)C(C)CC. The van der Waals surface area contributed by atoms with Gasteiger partial charge in [-0.05, 0) is 22.2 Å². The summed E-state index contributed by atoms with van der Waals surface area (Å²) in [4.78, 5) is 0. The van der Waals surface area contributed by atoms with Crippen molar-refractivity contribution in [2.45, 2.75) is 114 Å². The van der Waals surface area contributed by atoms with Crippen LogP contribution in [0.4, 0.5) is 0 Å². The fraction of sp³-hybridized carbons (Fsp3) is 0.692.